The lowest BCUT2D eigenvalue weighted by Gasteiger charge is -2.63. The van der Waals surface area contributed by atoms with Crippen LogP contribution in [0, 0.1) is 34.5 Å². The third-order valence-electron chi connectivity index (χ3n) is 13.0. The molecule has 0 N–H and O–H groups in total. The van der Waals surface area contributed by atoms with Crippen LogP contribution in [0.2, 0.25) is 5.04 Å². The Hall–Kier alpha value is -1.79. The highest BCUT2D eigenvalue weighted by Gasteiger charge is 2.69. The molecular formula is C38H52O4Si. The number of ether oxygens (including phenoxy) is 2. The highest BCUT2D eigenvalue weighted by atomic mass is 28.4. The number of carbonyl (C=O) groups excluding carboxylic acids is 1. The van der Waals surface area contributed by atoms with Gasteiger partial charge in [-0.3, -0.25) is 4.79 Å². The van der Waals surface area contributed by atoms with E-state index >= 15 is 0 Å². The van der Waals surface area contributed by atoms with Gasteiger partial charge < -0.3 is 13.9 Å². The molecule has 0 bridgehead atoms. The van der Waals surface area contributed by atoms with Crippen molar-refractivity contribution < 1.29 is 18.7 Å². The van der Waals surface area contributed by atoms with E-state index < -0.39 is 14.1 Å². The molecule has 232 valence electrons. The molecule has 0 spiro atoms. The van der Waals surface area contributed by atoms with Crippen molar-refractivity contribution in [1.29, 1.82) is 0 Å². The summed E-state index contributed by atoms with van der Waals surface area (Å²) in [6, 6.07) is 22.2. The number of hydrogen-bond acceptors (Lipinski definition) is 4. The van der Waals surface area contributed by atoms with Crippen molar-refractivity contribution in [2.75, 3.05) is 0 Å². The maximum absolute atomic E-state index is 13.2. The highest BCUT2D eigenvalue weighted by Crippen LogP contribution is 2.68. The van der Waals surface area contributed by atoms with Crippen molar-refractivity contribution in [3.8, 4) is 0 Å². The van der Waals surface area contributed by atoms with E-state index in [0.717, 1.165) is 44.9 Å². The third kappa shape index (κ3) is 4.42. The van der Waals surface area contributed by atoms with E-state index in [2.05, 4.69) is 109 Å². The number of fused-ring (bicyclic) bond motifs is 8. The molecule has 5 fully saturated rings. The van der Waals surface area contributed by atoms with Crippen molar-refractivity contribution in [3.05, 3.63) is 60.7 Å². The minimum Gasteiger partial charge on any atom is -0.404 e. The smallest absolute Gasteiger partial charge is 0.261 e. The van der Waals surface area contributed by atoms with E-state index in [1.165, 1.54) is 10.4 Å². The van der Waals surface area contributed by atoms with Gasteiger partial charge in [-0.2, -0.15) is 0 Å². The molecule has 1 heterocycles. The van der Waals surface area contributed by atoms with Gasteiger partial charge in [-0.05, 0) is 96.9 Å². The first-order valence-electron chi connectivity index (χ1n) is 17.0. The van der Waals surface area contributed by atoms with E-state index in [-0.39, 0.29) is 34.2 Å². The summed E-state index contributed by atoms with van der Waals surface area (Å²) >= 11 is 0. The van der Waals surface area contributed by atoms with Gasteiger partial charge in [0.25, 0.3) is 8.32 Å². The molecule has 1 aliphatic heterocycles. The lowest BCUT2D eigenvalue weighted by Crippen LogP contribution is -2.69. The zero-order valence-corrected chi connectivity index (χ0v) is 28.4. The molecule has 4 nitrogen and oxygen atoms in total. The molecule has 4 aliphatic carbocycles. The SMILES string of the molecule is CC1(C)O[C@@H]2C3[C@H](CC[C@]4(C)C(=O)CC[C@@H]34)[C@@]3(C)CC[C@H](O[Si](c4ccccc4)(c4ccccc4)C(C)(C)C)CC3[C@H]2O1. The standard InChI is InChI=1S/C38H52O4Si/c1-35(2,3)43(26-14-10-8-11-15-26,27-16-12-9-13-17-27)42-25-20-22-37(6)29-21-23-38(7)28(18-19-31(38)39)32(29)34-33(30(37)24-25)40-36(4,5)41-34/h8-17,25,28-30,32-34H,18-24H2,1-7H3/t25-,28-,29-,30?,32?,33+,34+,37+,38-/m0/s1. The minimum absolute atomic E-state index is 0.0462. The number of benzene rings is 2. The molecule has 0 aromatic heterocycles. The van der Waals surface area contributed by atoms with Crippen LogP contribution in [0.5, 0.6) is 0 Å². The van der Waals surface area contributed by atoms with E-state index in [4.69, 9.17) is 13.9 Å². The van der Waals surface area contributed by atoms with Gasteiger partial charge in [0.2, 0.25) is 0 Å². The summed E-state index contributed by atoms with van der Waals surface area (Å²) in [6.45, 7) is 16.2. The zero-order chi connectivity index (χ0) is 30.4. The molecule has 2 unspecified atom stereocenters. The first kappa shape index (κ1) is 29.9. The van der Waals surface area contributed by atoms with Crippen LogP contribution >= 0.6 is 0 Å². The molecule has 0 amide bonds. The first-order valence-corrected chi connectivity index (χ1v) is 18.9. The molecule has 5 heteroatoms. The van der Waals surface area contributed by atoms with Crippen molar-refractivity contribution in [2.24, 2.45) is 34.5 Å². The van der Waals surface area contributed by atoms with Crippen LogP contribution in [0.4, 0.5) is 0 Å². The van der Waals surface area contributed by atoms with Gasteiger partial charge in [-0.15, -0.1) is 0 Å². The van der Waals surface area contributed by atoms with Gasteiger partial charge in [0.15, 0.2) is 5.79 Å². The van der Waals surface area contributed by atoms with Crippen molar-refractivity contribution in [3.63, 3.8) is 0 Å². The average molecular weight is 601 g/mol. The second kappa shape index (κ2) is 10.1. The normalized spacial score (nSPS) is 40.3. The zero-order valence-electron chi connectivity index (χ0n) is 27.4. The predicted octanol–water partition coefficient (Wildman–Crippen LogP) is 7.28. The second-order valence-electron chi connectivity index (χ2n) is 16.6. The van der Waals surface area contributed by atoms with Gasteiger partial charge in [-0.25, -0.2) is 0 Å². The Bertz CT molecular complexity index is 1310. The molecule has 7 rings (SSSR count). The number of ketones is 1. The van der Waals surface area contributed by atoms with Crippen LogP contribution in [0.1, 0.15) is 93.4 Å². The van der Waals surface area contributed by atoms with Gasteiger partial charge in [0, 0.05) is 17.9 Å². The van der Waals surface area contributed by atoms with Crippen molar-refractivity contribution in [1.82, 2.24) is 0 Å². The Morgan fingerprint density at radius 2 is 1.37 bits per heavy atom. The summed E-state index contributed by atoms with van der Waals surface area (Å²) in [5.74, 6) is 1.63. The fourth-order valence-corrected chi connectivity index (χ4v) is 15.7. The van der Waals surface area contributed by atoms with Crippen LogP contribution in [-0.2, 0) is 18.7 Å². The van der Waals surface area contributed by atoms with Crippen LogP contribution < -0.4 is 10.4 Å². The molecule has 43 heavy (non-hydrogen) atoms. The Morgan fingerprint density at radius 1 is 0.767 bits per heavy atom. The maximum atomic E-state index is 13.2. The van der Waals surface area contributed by atoms with E-state index in [9.17, 15) is 4.79 Å². The van der Waals surface area contributed by atoms with E-state index in [0.29, 0.717) is 29.5 Å². The Kier molecular flexibility index (Phi) is 7.02. The topological polar surface area (TPSA) is 44.8 Å². The van der Waals surface area contributed by atoms with Crippen molar-refractivity contribution >= 4 is 24.5 Å². The van der Waals surface area contributed by atoms with Gasteiger partial charge in [0.05, 0.1) is 12.2 Å². The molecule has 0 radical (unpaired) electrons. The fourth-order valence-electron chi connectivity index (χ4n) is 11.0. The number of hydrogen-bond donors (Lipinski definition) is 0. The summed E-state index contributed by atoms with van der Waals surface area (Å²) in [4.78, 5) is 13.2. The summed E-state index contributed by atoms with van der Waals surface area (Å²) in [5.41, 5.74) is -0.0253. The first-order chi connectivity index (χ1) is 20.3. The van der Waals surface area contributed by atoms with Crippen LogP contribution in [0.3, 0.4) is 0 Å². The predicted molar refractivity (Wildman–Crippen MR) is 174 cm³/mol. The molecule has 9 atom stereocenters. The van der Waals surface area contributed by atoms with Crippen molar-refractivity contribution in [2.45, 2.75) is 123 Å². The monoisotopic (exact) mass is 600 g/mol. The van der Waals surface area contributed by atoms with Gasteiger partial charge >= 0.3 is 0 Å². The van der Waals surface area contributed by atoms with Crippen LogP contribution in [-0.4, -0.2) is 38.2 Å². The summed E-state index contributed by atoms with van der Waals surface area (Å²) < 4.78 is 21.5. The Labute approximate surface area is 260 Å². The van der Waals surface area contributed by atoms with Gasteiger partial charge in [0.1, 0.15) is 5.78 Å². The average Bonchev–Trinajstić information content (AvgIpc) is 3.46. The second-order valence-corrected chi connectivity index (χ2v) is 20.8. The summed E-state index contributed by atoms with van der Waals surface area (Å²) in [6.07, 6.45) is 7.40. The van der Waals surface area contributed by atoms with Gasteiger partial charge in [-0.1, -0.05) is 95.3 Å². The molecule has 1 saturated heterocycles. The molecule has 2 aromatic rings. The molecule has 5 aliphatic rings. The third-order valence-corrected chi connectivity index (χ3v) is 18.0. The Balaban J connectivity index is 1.27. The lowest BCUT2D eigenvalue weighted by atomic mass is 9.44. The number of rotatable bonds is 4. The maximum Gasteiger partial charge on any atom is 0.261 e. The van der Waals surface area contributed by atoms with Crippen LogP contribution in [0.25, 0.3) is 0 Å². The largest absolute Gasteiger partial charge is 0.404 e. The van der Waals surface area contributed by atoms with E-state index in [1.807, 2.05) is 0 Å². The quantitative estimate of drug-likeness (QED) is 0.346. The Morgan fingerprint density at radius 3 is 1.98 bits per heavy atom. The van der Waals surface area contributed by atoms with E-state index in [1.54, 1.807) is 0 Å². The summed E-state index contributed by atoms with van der Waals surface area (Å²) in [7, 11) is -2.66. The lowest BCUT2D eigenvalue weighted by molar-refractivity contribution is -0.185. The number of Topliss-reactive ketones (excluding diaryl/α,β-unsaturated/α-hetero) is 1. The molecule has 4 saturated carbocycles. The minimum atomic E-state index is -2.66. The molecule has 2 aromatic carbocycles. The number of carbonyl (C=O) groups is 1. The highest BCUT2D eigenvalue weighted by molar-refractivity contribution is 6.99. The fraction of sp³-hybridized carbons (Fsp3) is 0.658. The molecular weight excluding hydrogens is 549 g/mol. The van der Waals surface area contributed by atoms with Crippen LogP contribution in [0.15, 0.2) is 60.7 Å². The summed E-state index contributed by atoms with van der Waals surface area (Å²) in [5, 5.41) is 2.65.